The van der Waals surface area contributed by atoms with Gasteiger partial charge in [-0.25, -0.2) is 9.67 Å². The third kappa shape index (κ3) is 3.90. The summed E-state index contributed by atoms with van der Waals surface area (Å²) < 4.78 is 12.7. The van der Waals surface area contributed by atoms with Crippen molar-refractivity contribution in [3.63, 3.8) is 0 Å². The smallest absolute Gasteiger partial charge is 0.288 e. The van der Waals surface area contributed by atoms with Crippen LogP contribution in [0.3, 0.4) is 0 Å². The normalized spacial score (nSPS) is 18.1. The highest BCUT2D eigenvalue weighted by atomic mass is 16.5. The fraction of sp³-hybridized carbons (Fsp3) is 0.409. The van der Waals surface area contributed by atoms with E-state index in [0.717, 1.165) is 29.9 Å². The number of fused-ring (bicyclic) bond motifs is 1. The first-order chi connectivity index (χ1) is 16.0. The van der Waals surface area contributed by atoms with Crippen molar-refractivity contribution in [2.24, 2.45) is 5.73 Å². The van der Waals surface area contributed by atoms with Crippen molar-refractivity contribution in [1.29, 1.82) is 0 Å². The second kappa shape index (κ2) is 8.23. The van der Waals surface area contributed by atoms with E-state index in [1.54, 1.807) is 25.2 Å². The molecule has 1 aromatic carbocycles. The molecule has 1 unspecified atom stereocenters. The number of nitrogens with one attached hydrogen (secondary N) is 1. The summed E-state index contributed by atoms with van der Waals surface area (Å²) in [7, 11) is 3.17. The Labute approximate surface area is 189 Å². The van der Waals surface area contributed by atoms with E-state index in [4.69, 9.17) is 20.3 Å². The molecule has 3 heterocycles. The number of aryl methyl sites for hydroxylation is 1. The number of aromatic amines is 1. The van der Waals surface area contributed by atoms with E-state index in [-0.39, 0.29) is 18.3 Å². The summed E-state index contributed by atoms with van der Waals surface area (Å²) in [6, 6.07) is 7.51. The molecule has 0 radical (unpaired) electrons. The van der Waals surface area contributed by atoms with Crippen molar-refractivity contribution in [2.45, 2.75) is 44.2 Å². The predicted molar refractivity (Wildman–Crippen MR) is 117 cm³/mol. The van der Waals surface area contributed by atoms with E-state index in [0.29, 0.717) is 36.2 Å². The Bertz CT molecular complexity index is 1210. The van der Waals surface area contributed by atoms with Gasteiger partial charge >= 0.3 is 0 Å². The standard InChI is InChI=1S/C22H25N7O4/c1-32-14-6-5-13(17(9-14)33-2)11-28-18-10-16(12-3-4-12)27-29(18)8-7-15(22(28)31)20-24-21(19(23)30)26-25-20/h5-6,9-10,12,15H,3-4,7-8,11H2,1-2H3,(H2,23,30)(H,24,25,26). The SMILES string of the molecule is COc1ccc(CN2C(=O)C(c3nc(C(N)=O)n[nH]3)CCn3nc(C4CC4)cc32)c(OC)c1. The lowest BCUT2D eigenvalue weighted by Gasteiger charge is -2.24. The number of ether oxygens (including phenoxy) is 2. The number of primary amides is 1. The van der Waals surface area contributed by atoms with Crippen LogP contribution in [0.4, 0.5) is 5.82 Å². The number of benzene rings is 1. The average molecular weight is 451 g/mol. The van der Waals surface area contributed by atoms with Gasteiger partial charge in [-0.05, 0) is 31.4 Å². The molecule has 1 fully saturated rings. The average Bonchev–Trinajstić information content (AvgIpc) is 3.43. The first kappa shape index (κ1) is 21.0. The van der Waals surface area contributed by atoms with E-state index in [1.807, 2.05) is 22.9 Å². The van der Waals surface area contributed by atoms with Gasteiger partial charge in [0, 0.05) is 30.2 Å². The van der Waals surface area contributed by atoms with Gasteiger partial charge in [0.05, 0.1) is 32.4 Å². The Morgan fingerprint density at radius 3 is 2.70 bits per heavy atom. The van der Waals surface area contributed by atoms with E-state index < -0.39 is 11.8 Å². The van der Waals surface area contributed by atoms with Gasteiger partial charge in [-0.2, -0.15) is 5.10 Å². The van der Waals surface area contributed by atoms with Gasteiger partial charge in [0.15, 0.2) is 0 Å². The Hall–Kier alpha value is -3.89. The number of anilines is 1. The first-order valence-corrected chi connectivity index (χ1v) is 10.8. The van der Waals surface area contributed by atoms with Crippen molar-refractivity contribution in [2.75, 3.05) is 19.1 Å². The quantitative estimate of drug-likeness (QED) is 0.557. The zero-order valence-electron chi connectivity index (χ0n) is 18.4. The summed E-state index contributed by atoms with van der Waals surface area (Å²) in [6.07, 6.45) is 2.70. The molecule has 33 heavy (non-hydrogen) atoms. The highest BCUT2D eigenvalue weighted by molar-refractivity contribution is 5.97. The number of nitrogens with two attached hydrogens (primary N) is 1. The van der Waals surface area contributed by atoms with E-state index in [1.165, 1.54) is 0 Å². The zero-order chi connectivity index (χ0) is 23.1. The third-order valence-corrected chi connectivity index (χ3v) is 6.12. The number of carbonyl (C=O) groups is 2. The maximum atomic E-state index is 13.8. The van der Waals surface area contributed by atoms with Crippen LogP contribution >= 0.6 is 0 Å². The van der Waals surface area contributed by atoms with Gasteiger partial charge in [-0.3, -0.25) is 19.6 Å². The van der Waals surface area contributed by atoms with Crippen molar-refractivity contribution < 1.29 is 19.1 Å². The maximum Gasteiger partial charge on any atom is 0.288 e. The molecule has 1 saturated carbocycles. The zero-order valence-corrected chi connectivity index (χ0v) is 18.4. The molecule has 5 rings (SSSR count). The summed E-state index contributed by atoms with van der Waals surface area (Å²) in [5.74, 6) is 1.11. The number of amides is 2. The van der Waals surface area contributed by atoms with Crippen LogP contribution in [0.15, 0.2) is 24.3 Å². The largest absolute Gasteiger partial charge is 0.497 e. The van der Waals surface area contributed by atoms with E-state index in [9.17, 15) is 9.59 Å². The molecule has 1 aliphatic carbocycles. The minimum absolute atomic E-state index is 0.140. The first-order valence-electron chi connectivity index (χ1n) is 10.8. The minimum atomic E-state index is -0.750. The van der Waals surface area contributed by atoms with Gasteiger partial charge in [-0.15, -0.1) is 5.10 Å². The molecule has 0 saturated heterocycles. The monoisotopic (exact) mass is 451 g/mol. The molecule has 0 bridgehead atoms. The Balaban J connectivity index is 1.53. The maximum absolute atomic E-state index is 13.8. The Kier molecular flexibility index (Phi) is 5.23. The number of carbonyl (C=O) groups excluding carboxylic acids is 2. The number of aromatic nitrogens is 5. The Morgan fingerprint density at radius 1 is 1.21 bits per heavy atom. The molecule has 11 nitrogen and oxygen atoms in total. The number of nitrogens with zero attached hydrogens (tertiary/aromatic N) is 5. The molecule has 11 heteroatoms. The number of hydrogen-bond donors (Lipinski definition) is 2. The molecule has 1 aliphatic heterocycles. The van der Waals surface area contributed by atoms with Crippen LogP contribution in [0, 0.1) is 0 Å². The van der Waals surface area contributed by atoms with Crippen molar-refractivity contribution in [3.05, 3.63) is 47.2 Å². The molecular weight excluding hydrogens is 426 g/mol. The van der Waals surface area contributed by atoms with Gasteiger partial charge < -0.3 is 15.2 Å². The third-order valence-electron chi connectivity index (χ3n) is 6.12. The fourth-order valence-electron chi connectivity index (χ4n) is 4.17. The van der Waals surface area contributed by atoms with E-state index >= 15 is 0 Å². The second-order valence-corrected chi connectivity index (χ2v) is 8.28. The van der Waals surface area contributed by atoms with Crippen molar-refractivity contribution in [1.82, 2.24) is 25.0 Å². The minimum Gasteiger partial charge on any atom is -0.497 e. The number of methoxy groups -OCH3 is 2. The highest BCUT2D eigenvalue weighted by Gasteiger charge is 2.37. The Morgan fingerprint density at radius 2 is 2.03 bits per heavy atom. The summed E-state index contributed by atoms with van der Waals surface area (Å²) in [5.41, 5.74) is 7.13. The number of rotatable bonds is 7. The topological polar surface area (TPSA) is 141 Å². The van der Waals surface area contributed by atoms with Gasteiger partial charge in [0.2, 0.25) is 11.7 Å². The number of H-pyrrole nitrogens is 1. The summed E-state index contributed by atoms with van der Waals surface area (Å²) in [4.78, 5) is 31.2. The van der Waals surface area contributed by atoms with Crippen LogP contribution in [-0.2, 0) is 17.9 Å². The molecule has 0 spiro atoms. The number of hydrogen-bond acceptors (Lipinski definition) is 7. The molecule has 3 aromatic rings. The van der Waals surface area contributed by atoms with Gasteiger partial charge in [-0.1, -0.05) is 0 Å². The van der Waals surface area contributed by atoms with Gasteiger partial charge in [0.25, 0.3) is 5.91 Å². The van der Waals surface area contributed by atoms with Crippen LogP contribution < -0.4 is 20.1 Å². The lowest BCUT2D eigenvalue weighted by atomic mass is 10.0. The van der Waals surface area contributed by atoms with Gasteiger partial charge in [0.1, 0.15) is 23.1 Å². The predicted octanol–water partition coefficient (Wildman–Crippen LogP) is 1.72. The molecule has 172 valence electrons. The lowest BCUT2D eigenvalue weighted by Crippen LogP contribution is -2.34. The van der Waals surface area contributed by atoms with Crippen LogP contribution in [0.5, 0.6) is 11.5 Å². The molecule has 2 amide bonds. The lowest BCUT2D eigenvalue weighted by molar-refractivity contribution is -0.120. The van der Waals surface area contributed by atoms with Crippen molar-refractivity contribution in [3.8, 4) is 11.5 Å². The molecule has 2 aliphatic rings. The summed E-state index contributed by atoms with van der Waals surface area (Å²) >= 11 is 0. The summed E-state index contributed by atoms with van der Waals surface area (Å²) in [5, 5.41) is 11.4. The fourth-order valence-corrected chi connectivity index (χ4v) is 4.17. The molecule has 3 N–H and O–H groups in total. The molecular formula is C22H25N7O4. The van der Waals surface area contributed by atoms with Crippen LogP contribution in [0.25, 0.3) is 0 Å². The molecule has 1 atom stereocenters. The van der Waals surface area contributed by atoms with Crippen LogP contribution in [0.2, 0.25) is 0 Å². The molecule has 2 aromatic heterocycles. The van der Waals surface area contributed by atoms with Crippen LogP contribution in [-0.4, -0.2) is 51.0 Å². The van der Waals surface area contributed by atoms with Crippen molar-refractivity contribution >= 4 is 17.6 Å². The van der Waals surface area contributed by atoms with E-state index in [2.05, 4.69) is 15.2 Å². The van der Waals surface area contributed by atoms with Crippen LogP contribution in [0.1, 0.15) is 58.8 Å². The summed E-state index contributed by atoms with van der Waals surface area (Å²) in [6.45, 7) is 0.802. The highest BCUT2D eigenvalue weighted by Crippen LogP contribution is 2.42. The second-order valence-electron chi connectivity index (χ2n) is 8.28.